The molecule has 0 saturated carbocycles. The summed E-state index contributed by atoms with van der Waals surface area (Å²) in [5.41, 5.74) is 11.2. The maximum absolute atomic E-state index is 6.19. The van der Waals surface area contributed by atoms with Crippen LogP contribution >= 0.6 is 0 Å². The van der Waals surface area contributed by atoms with Crippen molar-refractivity contribution in [3.8, 4) is 22.5 Å². The minimum atomic E-state index is 0.581. The molecule has 0 aliphatic heterocycles. The molecule has 21 heavy (non-hydrogen) atoms. The first-order valence-electron chi connectivity index (χ1n) is 6.63. The molecule has 0 amide bonds. The topological polar surface area (TPSA) is 82.5 Å². The molecule has 0 atom stereocenters. The molecule has 6 heteroatoms. The molecule has 0 aliphatic rings. The highest BCUT2D eigenvalue weighted by atomic mass is 15.3. The van der Waals surface area contributed by atoms with Crippen LogP contribution in [0.15, 0.2) is 30.5 Å². The van der Waals surface area contributed by atoms with Crippen LogP contribution in [0.1, 0.15) is 11.4 Å². The van der Waals surface area contributed by atoms with Crippen molar-refractivity contribution in [1.82, 2.24) is 25.0 Å². The standard InChI is InChI=1S/C15H16N6/c1-9-8-11(10(2)19-18-9)14-13(15(16)21(3)20-14)12-6-4-5-7-17-12/h4-8H,16H2,1-3H3. The summed E-state index contributed by atoms with van der Waals surface area (Å²) in [5, 5.41) is 12.8. The van der Waals surface area contributed by atoms with Gasteiger partial charge in [0.1, 0.15) is 11.5 Å². The quantitative estimate of drug-likeness (QED) is 0.777. The number of hydrogen-bond donors (Lipinski definition) is 1. The molecule has 0 bridgehead atoms. The van der Waals surface area contributed by atoms with E-state index in [2.05, 4.69) is 20.3 Å². The van der Waals surface area contributed by atoms with Crippen LogP contribution in [-0.4, -0.2) is 25.0 Å². The number of nitrogens with zero attached hydrogens (tertiary/aromatic N) is 5. The number of hydrogen-bond acceptors (Lipinski definition) is 5. The summed E-state index contributed by atoms with van der Waals surface area (Å²) >= 11 is 0. The van der Waals surface area contributed by atoms with Crippen LogP contribution in [-0.2, 0) is 7.05 Å². The van der Waals surface area contributed by atoms with E-state index in [1.54, 1.807) is 10.9 Å². The van der Waals surface area contributed by atoms with E-state index < -0.39 is 0 Å². The van der Waals surface area contributed by atoms with Crippen molar-refractivity contribution in [3.05, 3.63) is 41.9 Å². The summed E-state index contributed by atoms with van der Waals surface area (Å²) in [6.07, 6.45) is 1.74. The van der Waals surface area contributed by atoms with Gasteiger partial charge in [0.05, 0.1) is 22.6 Å². The molecule has 3 heterocycles. The van der Waals surface area contributed by atoms with Gasteiger partial charge in [0.2, 0.25) is 0 Å². The van der Waals surface area contributed by atoms with Gasteiger partial charge in [0.15, 0.2) is 0 Å². The number of aryl methyl sites for hydroxylation is 3. The van der Waals surface area contributed by atoms with E-state index in [-0.39, 0.29) is 0 Å². The van der Waals surface area contributed by atoms with Crippen LogP contribution in [0.5, 0.6) is 0 Å². The molecule has 0 aliphatic carbocycles. The van der Waals surface area contributed by atoms with Gasteiger partial charge >= 0.3 is 0 Å². The van der Waals surface area contributed by atoms with E-state index in [1.807, 2.05) is 45.2 Å². The van der Waals surface area contributed by atoms with Gasteiger partial charge < -0.3 is 5.73 Å². The molecule has 3 rings (SSSR count). The average molecular weight is 280 g/mol. The van der Waals surface area contributed by atoms with Crippen molar-refractivity contribution in [2.75, 3.05) is 5.73 Å². The van der Waals surface area contributed by atoms with E-state index in [4.69, 9.17) is 5.73 Å². The molecule has 0 aromatic carbocycles. The van der Waals surface area contributed by atoms with Gasteiger partial charge in [-0.1, -0.05) is 6.07 Å². The molecule has 0 spiro atoms. The van der Waals surface area contributed by atoms with E-state index >= 15 is 0 Å². The zero-order valence-electron chi connectivity index (χ0n) is 12.2. The maximum Gasteiger partial charge on any atom is 0.131 e. The molecular weight excluding hydrogens is 264 g/mol. The van der Waals surface area contributed by atoms with Crippen LogP contribution in [0.2, 0.25) is 0 Å². The molecule has 106 valence electrons. The Bertz CT molecular complexity index is 791. The Morgan fingerprint density at radius 2 is 1.95 bits per heavy atom. The minimum Gasteiger partial charge on any atom is -0.383 e. The summed E-state index contributed by atoms with van der Waals surface area (Å²) in [4.78, 5) is 4.39. The van der Waals surface area contributed by atoms with E-state index in [9.17, 15) is 0 Å². The van der Waals surface area contributed by atoms with Gasteiger partial charge in [-0.2, -0.15) is 15.3 Å². The van der Waals surface area contributed by atoms with Crippen molar-refractivity contribution < 1.29 is 0 Å². The van der Waals surface area contributed by atoms with Gasteiger partial charge in [0.25, 0.3) is 0 Å². The van der Waals surface area contributed by atoms with Gasteiger partial charge in [-0.3, -0.25) is 9.67 Å². The third kappa shape index (κ3) is 2.24. The van der Waals surface area contributed by atoms with Crippen LogP contribution in [0.4, 0.5) is 5.82 Å². The smallest absolute Gasteiger partial charge is 0.131 e. The molecule has 6 nitrogen and oxygen atoms in total. The first kappa shape index (κ1) is 13.2. The molecule has 3 aromatic rings. The van der Waals surface area contributed by atoms with E-state index in [0.717, 1.165) is 33.9 Å². The highest BCUT2D eigenvalue weighted by Crippen LogP contribution is 2.35. The second kappa shape index (κ2) is 4.97. The van der Waals surface area contributed by atoms with Crippen LogP contribution in [0.3, 0.4) is 0 Å². The number of pyridine rings is 1. The van der Waals surface area contributed by atoms with Gasteiger partial charge in [0, 0.05) is 18.8 Å². The fraction of sp³-hybridized carbons (Fsp3) is 0.200. The predicted molar refractivity (Wildman–Crippen MR) is 81.4 cm³/mol. The molecule has 0 unspecified atom stereocenters. The molecule has 2 N–H and O–H groups in total. The Balaban J connectivity index is 2.29. The fourth-order valence-corrected chi connectivity index (χ4v) is 2.28. The second-order valence-corrected chi connectivity index (χ2v) is 4.93. The van der Waals surface area contributed by atoms with Crippen molar-refractivity contribution in [2.24, 2.45) is 7.05 Å². The van der Waals surface area contributed by atoms with E-state index in [0.29, 0.717) is 5.82 Å². The zero-order chi connectivity index (χ0) is 15.0. The number of anilines is 1. The summed E-state index contributed by atoms with van der Waals surface area (Å²) < 4.78 is 1.66. The van der Waals surface area contributed by atoms with Crippen LogP contribution in [0, 0.1) is 13.8 Å². The summed E-state index contributed by atoms with van der Waals surface area (Å²) in [7, 11) is 1.82. The average Bonchev–Trinajstić information content (AvgIpc) is 2.78. The van der Waals surface area contributed by atoms with E-state index in [1.165, 1.54) is 0 Å². The zero-order valence-corrected chi connectivity index (χ0v) is 12.2. The molecular formula is C15H16N6. The van der Waals surface area contributed by atoms with Crippen LogP contribution in [0.25, 0.3) is 22.5 Å². The lowest BCUT2D eigenvalue weighted by Gasteiger charge is -2.06. The Morgan fingerprint density at radius 1 is 1.14 bits per heavy atom. The van der Waals surface area contributed by atoms with Crippen molar-refractivity contribution in [1.29, 1.82) is 0 Å². The molecule has 0 fully saturated rings. The number of rotatable bonds is 2. The fourth-order valence-electron chi connectivity index (χ4n) is 2.28. The lowest BCUT2D eigenvalue weighted by atomic mass is 10.0. The lowest BCUT2D eigenvalue weighted by Crippen LogP contribution is -1.98. The number of aromatic nitrogens is 5. The van der Waals surface area contributed by atoms with Crippen molar-refractivity contribution >= 4 is 5.82 Å². The number of nitrogens with two attached hydrogens (primary N) is 1. The SMILES string of the molecule is Cc1cc(-c2nn(C)c(N)c2-c2ccccn2)c(C)nn1. The summed E-state index contributed by atoms with van der Waals surface area (Å²) in [6, 6.07) is 7.70. The Morgan fingerprint density at radius 3 is 2.67 bits per heavy atom. The van der Waals surface area contributed by atoms with Crippen LogP contribution < -0.4 is 5.73 Å². The third-order valence-corrected chi connectivity index (χ3v) is 3.37. The molecule has 0 radical (unpaired) electrons. The number of nitrogen functional groups attached to an aromatic ring is 1. The maximum atomic E-state index is 6.19. The highest BCUT2D eigenvalue weighted by Gasteiger charge is 2.20. The summed E-state index contributed by atoms with van der Waals surface area (Å²) in [6.45, 7) is 3.82. The van der Waals surface area contributed by atoms with Gasteiger partial charge in [-0.25, -0.2) is 0 Å². The van der Waals surface area contributed by atoms with Gasteiger partial charge in [-0.15, -0.1) is 0 Å². The Labute approximate surface area is 122 Å². The summed E-state index contributed by atoms with van der Waals surface area (Å²) in [5.74, 6) is 0.581. The largest absolute Gasteiger partial charge is 0.383 e. The highest BCUT2D eigenvalue weighted by molar-refractivity contribution is 5.87. The first-order chi connectivity index (χ1) is 10.1. The molecule has 0 saturated heterocycles. The predicted octanol–water partition coefficient (Wildman–Crippen LogP) is 2.14. The third-order valence-electron chi connectivity index (χ3n) is 3.37. The monoisotopic (exact) mass is 280 g/mol. The minimum absolute atomic E-state index is 0.581. The van der Waals surface area contributed by atoms with Crippen molar-refractivity contribution in [2.45, 2.75) is 13.8 Å². The normalized spacial score (nSPS) is 10.8. The lowest BCUT2D eigenvalue weighted by molar-refractivity contribution is 0.781. The Kier molecular flexibility index (Phi) is 3.13. The Hall–Kier alpha value is -2.76. The second-order valence-electron chi connectivity index (χ2n) is 4.93. The van der Waals surface area contributed by atoms with Crippen molar-refractivity contribution in [3.63, 3.8) is 0 Å². The molecule has 3 aromatic heterocycles. The van der Waals surface area contributed by atoms with Gasteiger partial charge in [-0.05, 0) is 32.0 Å². The first-order valence-corrected chi connectivity index (χ1v) is 6.63.